The largest absolute Gasteiger partial charge is 0.468 e. The summed E-state index contributed by atoms with van der Waals surface area (Å²) in [5, 5.41) is 11.7. The lowest BCUT2D eigenvalue weighted by molar-refractivity contribution is -0.216. The van der Waals surface area contributed by atoms with Gasteiger partial charge in [0.05, 0.1) is 18.8 Å². The zero-order valence-electron chi connectivity index (χ0n) is 15.5. The molecule has 0 spiro atoms. The van der Waals surface area contributed by atoms with Gasteiger partial charge in [-0.05, 0) is 45.6 Å². The molecule has 6 heteroatoms. The van der Waals surface area contributed by atoms with E-state index in [1.807, 2.05) is 39.0 Å². The molecule has 0 saturated carbocycles. The zero-order chi connectivity index (χ0) is 18.9. The molecule has 140 valence electrons. The molecule has 6 nitrogen and oxygen atoms in total. The molecule has 0 aliphatic carbocycles. The molecule has 25 heavy (non-hydrogen) atoms. The first-order valence-corrected chi connectivity index (χ1v) is 8.50. The number of carbonyl (C=O) groups is 2. The van der Waals surface area contributed by atoms with Gasteiger partial charge < -0.3 is 9.84 Å². The van der Waals surface area contributed by atoms with Crippen molar-refractivity contribution in [2.45, 2.75) is 57.7 Å². The van der Waals surface area contributed by atoms with E-state index >= 15 is 0 Å². The number of aliphatic hydroxyl groups is 1. The lowest BCUT2D eigenvalue weighted by atomic mass is 9.90. The van der Waals surface area contributed by atoms with Crippen molar-refractivity contribution in [3.8, 4) is 0 Å². The number of esters is 1. The molecule has 0 fully saturated rings. The molecular weight excluding hydrogens is 322 g/mol. The van der Waals surface area contributed by atoms with E-state index in [1.54, 1.807) is 12.1 Å². The van der Waals surface area contributed by atoms with Crippen molar-refractivity contribution in [2.75, 3.05) is 13.7 Å². The quantitative estimate of drug-likeness (QED) is 0.303. The minimum Gasteiger partial charge on any atom is -0.468 e. The highest BCUT2D eigenvalue weighted by Crippen LogP contribution is 2.24. The summed E-state index contributed by atoms with van der Waals surface area (Å²) in [6, 6.07) is 9.10. The van der Waals surface area contributed by atoms with Gasteiger partial charge in [0.25, 0.3) is 0 Å². The van der Waals surface area contributed by atoms with Gasteiger partial charge in [-0.15, -0.1) is 0 Å². The molecule has 0 aromatic heterocycles. The van der Waals surface area contributed by atoms with Gasteiger partial charge in [0, 0.05) is 6.54 Å². The van der Waals surface area contributed by atoms with Gasteiger partial charge in [-0.1, -0.05) is 30.3 Å². The van der Waals surface area contributed by atoms with Crippen molar-refractivity contribution in [1.82, 2.24) is 5.06 Å². The summed E-state index contributed by atoms with van der Waals surface area (Å²) in [5.41, 5.74) is 0.288. The fourth-order valence-electron chi connectivity index (χ4n) is 2.56. The molecule has 1 rings (SSSR count). The normalized spacial score (nSPS) is 13.8. The summed E-state index contributed by atoms with van der Waals surface area (Å²) >= 11 is 0. The molecule has 0 saturated heterocycles. The summed E-state index contributed by atoms with van der Waals surface area (Å²) in [5.74, 6) is -1.16. The molecule has 1 aromatic carbocycles. The molecule has 0 aliphatic rings. The maximum atomic E-state index is 12.0. The summed E-state index contributed by atoms with van der Waals surface area (Å²) < 4.78 is 4.83. The number of carbonyl (C=O) groups excluding carboxylic acids is 2. The maximum Gasteiger partial charge on any atom is 0.315 e. The lowest BCUT2D eigenvalue weighted by Gasteiger charge is -2.27. The van der Waals surface area contributed by atoms with Crippen molar-refractivity contribution in [2.24, 2.45) is 0 Å². The van der Waals surface area contributed by atoms with Crippen molar-refractivity contribution >= 4 is 12.4 Å². The number of ether oxygens (including phenoxy) is 1. The summed E-state index contributed by atoms with van der Waals surface area (Å²) in [6.07, 6.45) is 1.55. The fraction of sp³-hybridized carbons (Fsp3) is 0.579. The molecule has 1 N–H and O–H groups in total. The van der Waals surface area contributed by atoms with E-state index in [0.717, 1.165) is 5.56 Å². The van der Waals surface area contributed by atoms with E-state index < -0.39 is 23.6 Å². The number of hydrogen-bond acceptors (Lipinski definition) is 5. The Kier molecular flexibility index (Phi) is 8.58. The van der Waals surface area contributed by atoms with Crippen molar-refractivity contribution < 1.29 is 24.3 Å². The van der Waals surface area contributed by atoms with E-state index in [4.69, 9.17) is 9.57 Å². The van der Waals surface area contributed by atoms with E-state index in [1.165, 1.54) is 12.2 Å². The first-order chi connectivity index (χ1) is 11.8. The number of aliphatic hydroxyl groups excluding tert-OH is 1. The standard InChI is InChI=1S/C19H29NO5/c1-19(2,3)25-20(14-21)13-9-8-12-16(22)17(18(23)24-4)15-10-6-5-7-11-15/h5-7,10-11,14,16-17,22H,8-9,12-13H2,1-4H3. The first-order valence-electron chi connectivity index (χ1n) is 8.50. The predicted octanol–water partition coefficient (Wildman–Crippen LogP) is 2.66. The third kappa shape index (κ3) is 7.67. The molecule has 2 atom stereocenters. The van der Waals surface area contributed by atoms with Crippen molar-refractivity contribution in [3.63, 3.8) is 0 Å². The summed E-state index contributed by atoms with van der Waals surface area (Å²) in [4.78, 5) is 28.6. The average molecular weight is 351 g/mol. The number of hydroxylamine groups is 2. The fourth-order valence-corrected chi connectivity index (χ4v) is 2.56. The van der Waals surface area contributed by atoms with Gasteiger partial charge >= 0.3 is 5.97 Å². The van der Waals surface area contributed by atoms with E-state index in [-0.39, 0.29) is 0 Å². The van der Waals surface area contributed by atoms with Crippen molar-refractivity contribution in [1.29, 1.82) is 0 Å². The molecule has 0 radical (unpaired) electrons. The maximum absolute atomic E-state index is 12.0. The van der Waals surface area contributed by atoms with E-state index in [0.29, 0.717) is 32.2 Å². The number of methoxy groups -OCH3 is 1. The number of benzene rings is 1. The van der Waals surface area contributed by atoms with Crippen LogP contribution in [0.2, 0.25) is 0 Å². The number of unbranched alkanes of at least 4 members (excludes halogenated alkanes) is 1. The van der Waals surface area contributed by atoms with Crippen LogP contribution in [0.5, 0.6) is 0 Å². The smallest absolute Gasteiger partial charge is 0.315 e. The second-order valence-electron chi connectivity index (χ2n) is 6.92. The monoisotopic (exact) mass is 351 g/mol. The summed E-state index contributed by atoms with van der Waals surface area (Å²) in [6.45, 7) is 6.04. The lowest BCUT2D eigenvalue weighted by Crippen LogP contribution is -2.34. The predicted molar refractivity (Wildman–Crippen MR) is 94.7 cm³/mol. The Morgan fingerprint density at radius 2 is 1.88 bits per heavy atom. The van der Waals surface area contributed by atoms with Crippen molar-refractivity contribution in [3.05, 3.63) is 35.9 Å². The first kappa shape index (κ1) is 21.1. The molecule has 0 heterocycles. The van der Waals surface area contributed by atoms with E-state index in [9.17, 15) is 14.7 Å². The Hall–Kier alpha value is -1.92. The number of nitrogens with zero attached hydrogens (tertiary/aromatic N) is 1. The highest BCUT2D eigenvalue weighted by molar-refractivity contribution is 5.78. The molecule has 1 aromatic rings. The molecule has 0 bridgehead atoms. The third-order valence-electron chi connectivity index (χ3n) is 3.64. The van der Waals surface area contributed by atoms with Gasteiger partial charge in [-0.2, -0.15) is 0 Å². The zero-order valence-corrected chi connectivity index (χ0v) is 15.5. The number of rotatable bonds is 10. The van der Waals surface area contributed by atoms with Crippen LogP contribution in [0.4, 0.5) is 0 Å². The Labute approximate surface area is 149 Å². The van der Waals surface area contributed by atoms with Crippen LogP contribution in [0, 0.1) is 0 Å². The topological polar surface area (TPSA) is 76.1 Å². The summed E-state index contributed by atoms with van der Waals surface area (Å²) in [7, 11) is 1.32. The Bertz CT molecular complexity index is 526. The Morgan fingerprint density at radius 3 is 2.40 bits per heavy atom. The second-order valence-corrected chi connectivity index (χ2v) is 6.92. The van der Waals surface area contributed by atoms with Gasteiger partial charge in [0.1, 0.15) is 5.92 Å². The van der Waals surface area contributed by atoms with Gasteiger partial charge in [-0.3, -0.25) is 14.4 Å². The SMILES string of the molecule is COC(=O)C(c1ccccc1)C(O)CCCCN(C=O)OC(C)(C)C. The highest BCUT2D eigenvalue weighted by Gasteiger charge is 2.29. The minimum absolute atomic E-state index is 0.427. The highest BCUT2D eigenvalue weighted by atomic mass is 16.7. The van der Waals surface area contributed by atoms with Crippen LogP contribution in [0.3, 0.4) is 0 Å². The molecular formula is C19H29NO5. The third-order valence-corrected chi connectivity index (χ3v) is 3.64. The van der Waals surface area contributed by atoms with Gasteiger partial charge in [0.2, 0.25) is 6.41 Å². The molecule has 1 amide bonds. The average Bonchev–Trinajstić information content (AvgIpc) is 2.57. The number of hydrogen-bond donors (Lipinski definition) is 1. The van der Waals surface area contributed by atoms with E-state index in [2.05, 4.69) is 0 Å². The molecule has 0 aliphatic heterocycles. The van der Waals surface area contributed by atoms with Crippen LogP contribution in [0.25, 0.3) is 0 Å². The minimum atomic E-state index is -0.844. The number of amides is 1. The van der Waals surface area contributed by atoms with Gasteiger partial charge in [0.15, 0.2) is 0 Å². The van der Waals surface area contributed by atoms with Crippen LogP contribution < -0.4 is 0 Å². The van der Waals surface area contributed by atoms with Crippen LogP contribution >= 0.6 is 0 Å². The van der Waals surface area contributed by atoms with Crippen LogP contribution in [0.1, 0.15) is 51.5 Å². The van der Waals surface area contributed by atoms with Crippen LogP contribution in [0.15, 0.2) is 30.3 Å². The molecule has 2 unspecified atom stereocenters. The Balaban J connectivity index is 2.54. The van der Waals surface area contributed by atoms with Gasteiger partial charge in [-0.25, -0.2) is 5.06 Å². The Morgan fingerprint density at radius 1 is 1.24 bits per heavy atom. The second kappa shape index (κ2) is 10.2. The van der Waals surface area contributed by atoms with Crippen LogP contribution in [-0.4, -0.2) is 47.9 Å². The van der Waals surface area contributed by atoms with Crippen LogP contribution in [-0.2, 0) is 19.2 Å².